The molecule has 7 nitrogen and oxygen atoms in total. The molecule has 0 spiro atoms. The summed E-state index contributed by atoms with van der Waals surface area (Å²) in [6.07, 6.45) is 4.63. The second kappa shape index (κ2) is 9.65. The number of anilines is 1. The number of benzene rings is 2. The van der Waals surface area contributed by atoms with Gasteiger partial charge in [-0.25, -0.2) is 12.8 Å². The van der Waals surface area contributed by atoms with Crippen LogP contribution in [0.4, 0.5) is 10.1 Å². The molecule has 2 aromatic carbocycles. The minimum absolute atomic E-state index is 0.0953. The van der Waals surface area contributed by atoms with E-state index < -0.39 is 21.7 Å². The van der Waals surface area contributed by atoms with Crippen molar-refractivity contribution in [1.29, 1.82) is 0 Å². The number of nitrogens with zero attached hydrogens (tertiary/aromatic N) is 1. The van der Waals surface area contributed by atoms with Crippen LogP contribution < -0.4 is 14.8 Å². The normalized spacial score (nSPS) is 15.0. The molecule has 0 aliphatic heterocycles. The molecule has 0 unspecified atom stereocenters. The van der Waals surface area contributed by atoms with Crippen molar-refractivity contribution >= 4 is 21.6 Å². The lowest BCUT2D eigenvalue weighted by Gasteiger charge is -2.30. The molecule has 1 N–H and O–H groups in total. The van der Waals surface area contributed by atoms with Crippen LogP contribution >= 0.6 is 0 Å². The molecule has 1 fully saturated rings. The Morgan fingerprint density at radius 2 is 1.77 bits per heavy atom. The van der Waals surface area contributed by atoms with Crippen LogP contribution in [0.5, 0.6) is 11.5 Å². The van der Waals surface area contributed by atoms with Gasteiger partial charge in [0.2, 0.25) is 10.0 Å². The number of hydrogen-bond acceptors (Lipinski definition) is 5. The first-order valence-corrected chi connectivity index (χ1v) is 11.5. The minimum Gasteiger partial charge on any atom is -0.497 e. The average Bonchev–Trinajstić information content (AvgIpc) is 2.79. The fourth-order valence-corrected chi connectivity index (χ4v) is 5.19. The fraction of sp³-hybridized carbons (Fsp3) is 0.409. The molecule has 0 saturated heterocycles. The zero-order valence-electron chi connectivity index (χ0n) is 17.9. The van der Waals surface area contributed by atoms with Crippen molar-refractivity contribution in [2.24, 2.45) is 0 Å². The number of halogens is 1. The van der Waals surface area contributed by atoms with Gasteiger partial charge in [-0.15, -0.1) is 0 Å². The Kier molecular flexibility index (Phi) is 7.17. The number of carbonyl (C=O) groups is 1. The lowest BCUT2D eigenvalue weighted by Crippen LogP contribution is -2.38. The molecule has 9 heteroatoms. The van der Waals surface area contributed by atoms with Gasteiger partial charge in [-0.2, -0.15) is 4.31 Å². The standard InChI is InChI=1S/C22H27FN2O5S/c1-25(15-7-5-4-6-8-15)31(27,28)17-10-11-19(23)18(14-17)22(26)24-20-13-16(29-2)9-12-21(20)30-3/h9-15H,4-8H2,1-3H3,(H,24,26). The Bertz CT molecular complexity index is 1050. The number of hydrogen-bond donors (Lipinski definition) is 1. The summed E-state index contributed by atoms with van der Waals surface area (Å²) in [5.41, 5.74) is -0.0955. The van der Waals surface area contributed by atoms with E-state index in [-0.39, 0.29) is 22.2 Å². The van der Waals surface area contributed by atoms with E-state index >= 15 is 0 Å². The Morgan fingerprint density at radius 3 is 2.42 bits per heavy atom. The lowest BCUT2D eigenvalue weighted by molar-refractivity contribution is 0.102. The Balaban J connectivity index is 1.89. The van der Waals surface area contributed by atoms with Gasteiger partial charge in [0.05, 0.1) is 30.4 Å². The molecule has 3 rings (SSSR count). The highest BCUT2D eigenvalue weighted by molar-refractivity contribution is 7.89. The Morgan fingerprint density at radius 1 is 1.06 bits per heavy atom. The number of carbonyl (C=O) groups excluding carboxylic acids is 1. The number of nitrogens with one attached hydrogen (secondary N) is 1. The molecular weight excluding hydrogens is 423 g/mol. The van der Waals surface area contributed by atoms with E-state index in [2.05, 4.69) is 5.32 Å². The van der Waals surface area contributed by atoms with Gasteiger partial charge in [-0.3, -0.25) is 4.79 Å². The third-order valence-corrected chi connectivity index (χ3v) is 7.51. The highest BCUT2D eigenvalue weighted by atomic mass is 32.2. The van der Waals surface area contributed by atoms with Crippen LogP contribution in [0.25, 0.3) is 0 Å². The molecule has 1 aliphatic carbocycles. The molecule has 0 radical (unpaired) electrons. The number of ether oxygens (including phenoxy) is 2. The van der Waals surface area contributed by atoms with Gasteiger partial charge in [0, 0.05) is 19.2 Å². The van der Waals surface area contributed by atoms with Crippen molar-refractivity contribution in [3.8, 4) is 11.5 Å². The first-order chi connectivity index (χ1) is 14.8. The molecule has 2 aromatic rings. The first-order valence-electron chi connectivity index (χ1n) is 10.1. The van der Waals surface area contributed by atoms with Crippen molar-refractivity contribution in [2.45, 2.75) is 43.0 Å². The zero-order chi connectivity index (χ0) is 22.6. The van der Waals surface area contributed by atoms with Gasteiger partial charge in [-0.05, 0) is 43.2 Å². The lowest BCUT2D eigenvalue weighted by atomic mass is 9.96. The number of methoxy groups -OCH3 is 2. The van der Waals surface area contributed by atoms with Crippen molar-refractivity contribution in [2.75, 3.05) is 26.6 Å². The van der Waals surface area contributed by atoms with Gasteiger partial charge < -0.3 is 14.8 Å². The van der Waals surface area contributed by atoms with Crippen LogP contribution in [-0.4, -0.2) is 45.9 Å². The minimum atomic E-state index is -3.87. The predicted octanol–water partition coefficient (Wildman–Crippen LogP) is 4.05. The van der Waals surface area contributed by atoms with Crippen molar-refractivity contribution in [1.82, 2.24) is 4.31 Å². The zero-order valence-corrected chi connectivity index (χ0v) is 18.7. The van der Waals surface area contributed by atoms with Crippen LogP contribution in [-0.2, 0) is 10.0 Å². The van der Waals surface area contributed by atoms with Crippen molar-refractivity contribution < 1.29 is 27.1 Å². The van der Waals surface area contributed by atoms with Crippen LogP contribution in [0.2, 0.25) is 0 Å². The van der Waals surface area contributed by atoms with Gasteiger partial charge in [0.25, 0.3) is 5.91 Å². The monoisotopic (exact) mass is 450 g/mol. The van der Waals surface area contributed by atoms with Gasteiger partial charge in [0.15, 0.2) is 0 Å². The van der Waals surface area contributed by atoms with E-state index in [0.717, 1.165) is 44.2 Å². The maximum absolute atomic E-state index is 14.5. The fourth-order valence-electron chi connectivity index (χ4n) is 3.75. The van der Waals surface area contributed by atoms with Gasteiger partial charge >= 0.3 is 0 Å². The van der Waals surface area contributed by atoms with E-state index in [4.69, 9.17) is 9.47 Å². The smallest absolute Gasteiger partial charge is 0.258 e. The third kappa shape index (κ3) is 4.99. The molecular formula is C22H27FN2O5S. The second-order valence-electron chi connectivity index (χ2n) is 7.48. The molecule has 0 atom stereocenters. The molecule has 0 bridgehead atoms. The van der Waals surface area contributed by atoms with E-state index in [1.165, 1.54) is 37.7 Å². The summed E-state index contributed by atoms with van der Waals surface area (Å²) in [7, 11) is 0.585. The van der Waals surface area contributed by atoms with E-state index in [1.807, 2.05) is 0 Å². The highest BCUT2D eigenvalue weighted by Gasteiger charge is 2.30. The highest BCUT2D eigenvalue weighted by Crippen LogP contribution is 2.30. The molecule has 1 saturated carbocycles. The maximum Gasteiger partial charge on any atom is 0.258 e. The molecule has 0 heterocycles. The summed E-state index contributed by atoms with van der Waals surface area (Å²) in [4.78, 5) is 12.7. The summed E-state index contributed by atoms with van der Waals surface area (Å²) < 4.78 is 52.4. The van der Waals surface area contributed by atoms with Crippen LogP contribution in [0.15, 0.2) is 41.3 Å². The molecule has 1 aliphatic rings. The van der Waals surface area contributed by atoms with Crippen LogP contribution in [0, 0.1) is 5.82 Å². The predicted molar refractivity (Wildman–Crippen MR) is 116 cm³/mol. The molecule has 0 aromatic heterocycles. The summed E-state index contributed by atoms with van der Waals surface area (Å²) >= 11 is 0. The van der Waals surface area contributed by atoms with Gasteiger partial charge in [0.1, 0.15) is 17.3 Å². The van der Waals surface area contributed by atoms with Crippen LogP contribution in [0.3, 0.4) is 0 Å². The Hall–Kier alpha value is -2.65. The summed E-state index contributed by atoms with van der Waals surface area (Å²) in [5.74, 6) is -0.780. The summed E-state index contributed by atoms with van der Waals surface area (Å²) in [6.45, 7) is 0. The summed E-state index contributed by atoms with van der Waals surface area (Å²) in [6, 6.07) is 7.96. The topological polar surface area (TPSA) is 84.9 Å². The largest absolute Gasteiger partial charge is 0.497 e. The van der Waals surface area contributed by atoms with E-state index in [0.29, 0.717) is 11.5 Å². The quantitative estimate of drug-likeness (QED) is 0.688. The third-order valence-electron chi connectivity index (χ3n) is 5.60. The van der Waals surface area contributed by atoms with Crippen LogP contribution in [0.1, 0.15) is 42.5 Å². The average molecular weight is 451 g/mol. The van der Waals surface area contributed by atoms with Crippen molar-refractivity contribution in [3.05, 3.63) is 47.8 Å². The molecule has 31 heavy (non-hydrogen) atoms. The number of rotatable bonds is 7. The SMILES string of the molecule is COc1ccc(OC)c(NC(=O)c2cc(S(=O)(=O)N(C)C3CCCCC3)ccc2F)c1. The van der Waals surface area contributed by atoms with Crippen molar-refractivity contribution in [3.63, 3.8) is 0 Å². The summed E-state index contributed by atoms with van der Waals surface area (Å²) in [5, 5.41) is 2.57. The Labute approximate surface area is 182 Å². The van der Waals surface area contributed by atoms with Gasteiger partial charge in [-0.1, -0.05) is 19.3 Å². The number of sulfonamides is 1. The maximum atomic E-state index is 14.5. The van der Waals surface area contributed by atoms with E-state index in [1.54, 1.807) is 12.1 Å². The second-order valence-corrected chi connectivity index (χ2v) is 9.47. The molecule has 1 amide bonds. The molecule has 168 valence electrons. The van der Waals surface area contributed by atoms with E-state index in [9.17, 15) is 17.6 Å². The number of amides is 1. The first kappa shape index (κ1) is 23.0.